The topological polar surface area (TPSA) is 78.1 Å². The average molecular weight is 378 g/mol. The van der Waals surface area contributed by atoms with E-state index in [-0.39, 0.29) is 17.5 Å². The lowest BCUT2D eigenvalue weighted by Crippen LogP contribution is -2.33. The van der Waals surface area contributed by atoms with E-state index in [2.05, 4.69) is 37.9 Å². The smallest absolute Gasteiger partial charge is 0.323 e. The predicted molar refractivity (Wildman–Crippen MR) is 84.0 cm³/mol. The summed E-state index contributed by atoms with van der Waals surface area (Å²) in [6.45, 7) is 2.44. The number of alkyl halides is 1. The van der Waals surface area contributed by atoms with Crippen LogP contribution in [0.4, 0.5) is 10.7 Å². The standard InChI is InChI=1S/C12H19IN4O2/c1-9-8-10(18)15-11(14-9)16-12(19)17(2)7-5-3-4-6-13/h8H,3-7H2,1-2H3,(H2,14,15,16,18,19). The Morgan fingerprint density at radius 1 is 1.47 bits per heavy atom. The van der Waals surface area contributed by atoms with Gasteiger partial charge in [-0.15, -0.1) is 0 Å². The Bertz CT molecular complexity index is 475. The van der Waals surface area contributed by atoms with Gasteiger partial charge in [0.1, 0.15) is 0 Å². The van der Waals surface area contributed by atoms with E-state index in [0.29, 0.717) is 12.2 Å². The molecule has 1 aromatic heterocycles. The number of carbonyl (C=O) groups excluding carboxylic acids is 1. The molecule has 1 aromatic rings. The lowest BCUT2D eigenvalue weighted by atomic mass is 10.2. The van der Waals surface area contributed by atoms with Crippen LogP contribution in [0.15, 0.2) is 10.9 Å². The molecule has 6 nitrogen and oxygen atoms in total. The summed E-state index contributed by atoms with van der Waals surface area (Å²) >= 11 is 2.34. The van der Waals surface area contributed by atoms with E-state index in [4.69, 9.17) is 0 Å². The SMILES string of the molecule is Cc1cc(=O)nc(NC(=O)N(C)CCCCCI)[nH]1. The zero-order valence-corrected chi connectivity index (χ0v) is 13.4. The predicted octanol–water partition coefficient (Wildman–Crippen LogP) is 2.15. The van der Waals surface area contributed by atoms with Gasteiger partial charge in [0.2, 0.25) is 5.95 Å². The van der Waals surface area contributed by atoms with Gasteiger partial charge in [-0.05, 0) is 24.2 Å². The molecule has 106 valence electrons. The highest BCUT2D eigenvalue weighted by atomic mass is 127. The van der Waals surface area contributed by atoms with Gasteiger partial charge >= 0.3 is 6.03 Å². The first-order valence-corrected chi connectivity index (χ1v) is 7.71. The van der Waals surface area contributed by atoms with Gasteiger partial charge in [-0.25, -0.2) is 4.79 Å². The Morgan fingerprint density at radius 2 is 2.21 bits per heavy atom. The number of amides is 2. The molecule has 0 aromatic carbocycles. The minimum atomic E-state index is -0.365. The fourth-order valence-corrected chi connectivity index (χ4v) is 2.10. The number of H-pyrrole nitrogens is 1. The van der Waals surface area contributed by atoms with Gasteiger partial charge in [-0.1, -0.05) is 29.0 Å². The van der Waals surface area contributed by atoms with E-state index in [1.165, 1.54) is 12.5 Å². The normalized spacial score (nSPS) is 10.3. The maximum Gasteiger partial charge on any atom is 0.323 e. The summed E-state index contributed by atoms with van der Waals surface area (Å²) in [4.78, 5) is 31.2. The minimum Gasteiger partial charge on any atom is -0.329 e. The van der Waals surface area contributed by atoms with Gasteiger partial charge in [-0.3, -0.25) is 10.1 Å². The quantitative estimate of drug-likeness (QED) is 0.452. The molecule has 0 aliphatic rings. The van der Waals surface area contributed by atoms with E-state index in [9.17, 15) is 9.59 Å². The third-order valence-corrected chi connectivity index (χ3v) is 3.34. The van der Waals surface area contributed by atoms with Crippen molar-refractivity contribution in [3.8, 4) is 0 Å². The van der Waals surface area contributed by atoms with Crippen molar-refractivity contribution in [2.24, 2.45) is 0 Å². The molecule has 0 aliphatic heterocycles. The van der Waals surface area contributed by atoms with Gasteiger partial charge in [0.05, 0.1) is 0 Å². The highest BCUT2D eigenvalue weighted by Gasteiger charge is 2.09. The van der Waals surface area contributed by atoms with Crippen LogP contribution < -0.4 is 10.9 Å². The molecule has 0 unspecified atom stereocenters. The van der Waals surface area contributed by atoms with Crippen molar-refractivity contribution in [3.05, 3.63) is 22.1 Å². The van der Waals surface area contributed by atoms with Crippen molar-refractivity contribution in [1.29, 1.82) is 0 Å². The molecule has 1 rings (SSSR count). The Hall–Kier alpha value is -1.12. The number of nitrogens with zero attached hydrogens (tertiary/aromatic N) is 2. The van der Waals surface area contributed by atoms with Gasteiger partial charge < -0.3 is 9.88 Å². The van der Waals surface area contributed by atoms with Crippen LogP contribution in [0.3, 0.4) is 0 Å². The first-order valence-electron chi connectivity index (χ1n) is 6.19. The number of unbranched alkanes of at least 4 members (excludes halogenated alkanes) is 2. The molecule has 0 saturated carbocycles. The molecule has 2 N–H and O–H groups in total. The number of halogens is 1. The van der Waals surface area contributed by atoms with Crippen LogP contribution in [0.5, 0.6) is 0 Å². The van der Waals surface area contributed by atoms with E-state index < -0.39 is 0 Å². The second kappa shape index (κ2) is 8.13. The van der Waals surface area contributed by atoms with Crippen LogP contribution in [0, 0.1) is 6.92 Å². The molecule has 0 spiro atoms. The first-order chi connectivity index (χ1) is 9.02. The molecule has 19 heavy (non-hydrogen) atoms. The second-order valence-electron chi connectivity index (χ2n) is 4.35. The van der Waals surface area contributed by atoms with Crippen molar-refractivity contribution >= 4 is 34.6 Å². The molecule has 7 heteroatoms. The Morgan fingerprint density at radius 3 is 2.84 bits per heavy atom. The summed E-state index contributed by atoms with van der Waals surface area (Å²) < 4.78 is 1.14. The minimum absolute atomic E-state index is 0.189. The Kier molecular flexibility index (Phi) is 6.82. The van der Waals surface area contributed by atoms with E-state index in [0.717, 1.165) is 17.3 Å². The summed E-state index contributed by atoms with van der Waals surface area (Å²) in [5.41, 5.74) is 0.302. The third-order valence-electron chi connectivity index (χ3n) is 2.58. The van der Waals surface area contributed by atoms with Gasteiger partial charge in [0.25, 0.3) is 5.56 Å². The van der Waals surface area contributed by atoms with E-state index in [1.807, 2.05) is 0 Å². The summed E-state index contributed by atoms with van der Waals surface area (Å²) in [5.74, 6) is 0.189. The van der Waals surface area contributed by atoms with Crippen LogP contribution >= 0.6 is 22.6 Å². The van der Waals surface area contributed by atoms with Crippen LogP contribution in [-0.2, 0) is 0 Å². The number of urea groups is 1. The maximum absolute atomic E-state index is 11.9. The van der Waals surface area contributed by atoms with Crippen LogP contribution in [-0.4, -0.2) is 38.9 Å². The number of hydrogen-bond acceptors (Lipinski definition) is 3. The average Bonchev–Trinajstić information content (AvgIpc) is 2.33. The van der Waals surface area contributed by atoms with E-state index in [1.54, 1.807) is 18.9 Å². The summed E-state index contributed by atoms with van der Waals surface area (Å²) in [6, 6.07) is 1.12. The van der Waals surface area contributed by atoms with Crippen molar-refractivity contribution in [2.45, 2.75) is 26.2 Å². The summed E-state index contributed by atoms with van der Waals surface area (Å²) in [5, 5.41) is 2.58. The van der Waals surface area contributed by atoms with Gasteiger partial charge in [0, 0.05) is 25.4 Å². The molecule has 0 aliphatic carbocycles. The second-order valence-corrected chi connectivity index (χ2v) is 5.43. The monoisotopic (exact) mass is 378 g/mol. The molecular formula is C12H19IN4O2. The number of hydrogen-bond donors (Lipinski definition) is 2. The number of rotatable bonds is 6. The molecule has 0 saturated heterocycles. The largest absolute Gasteiger partial charge is 0.329 e. The highest BCUT2D eigenvalue weighted by Crippen LogP contribution is 2.02. The third kappa shape index (κ3) is 6.04. The number of aromatic amines is 1. The van der Waals surface area contributed by atoms with E-state index >= 15 is 0 Å². The molecule has 0 fully saturated rings. The van der Waals surface area contributed by atoms with Crippen LogP contribution in [0.25, 0.3) is 0 Å². The number of anilines is 1. The van der Waals surface area contributed by atoms with Crippen molar-refractivity contribution < 1.29 is 4.79 Å². The molecular weight excluding hydrogens is 359 g/mol. The van der Waals surface area contributed by atoms with Crippen LogP contribution in [0.2, 0.25) is 0 Å². The number of carbonyl (C=O) groups is 1. The number of nitrogens with one attached hydrogen (secondary N) is 2. The lowest BCUT2D eigenvalue weighted by Gasteiger charge is -2.17. The number of aromatic nitrogens is 2. The summed E-state index contributed by atoms with van der Waals surface area (Å²) in [7, 11) is 1.73. The molecule has 2 amide bonds. The highest BCUT2D eigenvalue weighted by molar-refractivity contribution is 14.1. The molecule has 1 heterocycles. The fourth-order valence-electron chi connectivity index (χ4n) is 1.56. The molecule has 0 atom stereocenters. The van der Waals surface area contributed by atoms with Crippen LogP contribution in [0.1, 0.15) is 25.0 Å². The zero-order chi connectivity index (χ0) is 14.3. The van der Waals surface area contributed by atoms with Crippen molar-refractivity contribution in [1.82, 2.24) is 14.9 Å². The lowest BCUT2D eigenvalue weighted by molar-refractivity contribution is 0.221. The number of aryl methyl sites for hydroxylation is 1. The van der Waals surface area contributed by atoms with Crippen molar-refractivity contribution in [3.63, 3.8) is 0 Å². The Balaban J connectivity index is 2.47. The van der Waals surface area contributed by atoms with Gasteiger partial charge in [0.15, 0.2) is 0 Å². The van der Waals surface area contributed by atoms with Gasteiger partial charge in [-0.2, -0.15) is 4.98 Å². The Labute approximate surface area is 126 Å². The fraction of sp³-hybridized carbons (Fsp3) is 0.583. The molecule has 0 bridgehead atoms. The molecule has 0 radical (unpaired) electrons. The van der Waals surface area contributed by atoms with Crippen molar-refractivity contribution in [2.75, 3.05) is 23.3 Å². The summed E-state index contributed by atoms with van der Waals surface area (Å²) in [6.07, 6.45) is 3.26. The zero-order valence-electron chi connectivity index (χ0n) is 11.2. The first kappa shape index (κ1) is 15.9. The maximum atomic E-state index is 11.9.